The highest BCUT2D eigenvalue weighted by Crippen LogP contribution is 2.38. The number of amides is 1. The molecular weight excluding hydrogens is 368 g/mol. The van der Waals surface area contributed by atoms with Gasteiger partial charge in [-0.1, -0.05) is 48.5 Å². The molecule has 0 unspecified atom stereocenters. The van der Waals surface area contributed by atoms with Gasteiger partial charge in [-0.15, -0.1) is 10.2 Å². The fourth-order valence-electron chi connectivity index (χ4n) is 4.26. The van der Waals surface area contributed by atoms with E-state index < -0.39 is 11.6 Å². The SMILES string of the molecule is CN(C)[C@]1(c2ccccc2)CCN(C(=O)c2ccccc2-c2nn[nH]n2)C[C@H]1O. The Morgan fingerprint density at radius 1 is 1.17 bits per heavy atom. The first-order valence-corrected chi connectivity index (χ1v) is 9.57. The van der Waals surface area contributed by atoms with Crippen LogP contribution in [-0.2, 0) is 5.54 Å². The summed E-state index contributed by atoms with van der Waals surface area (Å²) in [5.41, 5.74) is 1.63. The van der Waals surface area contributed by atoms with Gasteiger partial charge < -0.3 is 10.0 Å². The summed E-state index contributed by atoms with van der Waals surface area (Å²) in [5.74, 6) is 0.225. The van der Waals surface area contributed by atoms with Crippen LogP contribution in [0.15, 0.2) is 54.6 Å². The van der Waals surface area contributed by atoms with Crippen molar-refractivity contribution in [3.8, 4) is 11.4 Å². The second kappa shape index (κ2) is 7.73. The van der Waals surface area contributed by atoms with Gasteiger partial charge in [-0.2, -0.15) is 5.21 Å². The van der Waals surface area contributed by atoms with Crippen LogP contribution in [0.3, 0.4) is 0 Å². The van der Waals surface area contributed by atoms with Gasteiger partial charge >= 0.3 is 0 Å². The average molecular weight is 392 g/mol. The standard InChI is InChI=1S/C21H24N6O2/c1-26(2)21(15-8-4-3-5-9-15)12-13-27(14-18(21)28)20(29)17-11-7-6-10-16(17)19-22-24-25-23-19/h3-11,18,28H,12-14H2,1-2H3,(H,22,23,24,25)/t18-,21+/m1/s1. The lowest BCUT2D eigenvalue weighted by Gasteiger charge is -2.49. The number of nitrogens with zero attached hydrogens (tertiary/aromatic N) is 5. The van der Waals surface area contributed by atoms with E-state index in [1.165, 1.54) is 0 Å². The molecule has 2 heterocycles. The number of β-amino-alcohol motifs (C(OH)–C–C–N with tert-alkyl or cyclic N) is 1. The molecule has 8 heteroatoms. The highest BCUT2D eigenvalue weighted by atomic mass is 16.3. The van der Waals surface area contributed by atoms with Gasteiger partial charge in [-0.3, -0.25) is 9.69 Å². The summed E-state index contributed by atoms with van der Waals surface area (Å²) in [4.78, 5) is 17.1. The minimum atomic E-state index is -0.727. The molecule has 2 N–H and O–H groups in total. The molecule has 2 atom stereocenters. The number of aliphatic hydroxyl groups excluding tert-OH is 1. The van der Waals surface area contributed by atoms with Gasteiger partial charge in [0, 0.05) is 18.7 Å². The average Bonchev–Trinajstić information content (AvgIpc) is 3.28. The summed E-state index contributed by atoms with van der Waals surface area (Å²) in [6.07, 6.45) is -0.101. The molecule has 1 aliphatic heterocycles. The first-order valence-electron chi connectivity index (χ1n) is 9.57. The van der Waals surface area contributed by atoms with Gasteiger partial charge in [0.05, 0.1) is 17.2 Å². The molecule has 2 aromatic carbocycles. The third-order valence-corrected chi connectivity index (χ3v) is 5.81. The molecule has 29 heavy (non-hydrogen) atoms. The molecule has 0 bridgehead atoms. The largest absolute Gasteiger partial charge is 0.389 e. The maximum atomic E-state index is 13.3. The summed E-state index contributed by atoms with van der Waals surface area (Å²) in [6.45, 7) is 0.774. The van der Waals surface area contributed by atoms with Gasteiger partial charge in [0.15, 0.2) is 0 Å². The monoisotopic (exact) mass is 392 g/mol. The molecule has 8 nitrogen and oxygen atoms in total. The predicted octanol–water partition coefficient (Wildman–Crippen LogP) is 1.53. The molecule has 4 rings (SSSR count). The van der Waals surface area contributed by atoms with E-state index >= 15 is 0 Å². The normalized spacial score (nSPS) is 22.1. The quantitative estimate of drug-likeness (QED) is 0.699. The summed E-state index contributed by atoms with van der Waals surface area (Å²) < 4.78 is 0. The highest BCUT2D eigenvalue weighted by molar-refractivity contribution is 6.00. The Hall–Kier alpha value is -3.10. The van der Waals surface area contributed by atoms with Crippen molar-refractivity contribution < 1.29 is 9.90 Å². The van der Waals surface area contributed by atoms with Crippen molar-refractivity contribution in [1.82, 2.24) is 30.4 Å². The lowest BCUT2D eigenvalue weighted by atomic mass is 9.77. The molecule has 1 amide bonds. The number of carbonyl (C=O) groups is 1. The summed E-state index contributed by atoms with van der Waals surface area (Å²) >= 11 is 0. The maximum Gasteiger partial charge on any atom is 0.254 e. The van der Waals surface area contributed by atoms with Crippen molar-refractivity contribution >= 4 is 5.91 Å². The second-order valence-corrected chi connectivity index (χ2v) is 7.48. The van der Waals surface area contributed by atoms with Crippen molar-refractivity contribution in [3.05, 3.63) is 65.7 Å². The van der Waals surface area contributed by atoms with E-state index in [1.54, 1.807) is 17.0 Å². The van der Waals surface area contributed by atoms with Gasteiger partial charge in [0.25, 0.3) is 5.91 Å². The molecule has 0 spiro atoms. The number of likely N-dealkylation sites (tertiary alicyclic amines) is 1. The number of carbonyl (C=O) groups excluding carboxylic acids is 1. The number of hydrogen-bond acceptors (Lipinski definition) is 6. The number of aliphatic hydroxyl groups is 1. The van der Waals surface area contributed by atoms with Crippen LogP contribution >= 0.6 is 0 Å². The smallest absolute Gasteiger partial charge is 0.254 e. The minimum absolute atomic E-state index is 0.148. The fraction of sp³-hybridized carbons (Fsp3) is 0.333. The number of aromatic nitrogens is 4. The molecule has 1 aromatic heterocycles. The number of hydrogen-bond donors (Lipinski definition) is 2. The summed E-state index contributed by atoms with van der Waals surface area (Å²) in [7, 11) is 3.94. The van der Waals surface area contributed by atoms with Crippen LogP contribution in [0.4, 0.5) is 0 Å². The van der Waals surface area contributed by atoms with E-state index in [0.717, 1.165) is 5.56 Å². The number of tetrazole rings is 1. The summed E-state index contributed by atoms with van der Waals surface area (Å²) in [6, 6.07) is 17.2. The first-order chi connectivity index (χ1) is 14.0. The van der Waals surface area contributed by atoms with E-state index in [1.807, 2.05) is 56.6 Å². The maximum absolute atomic E-state index is 13.3. The van der Waals surface area contributed by atoms with E-state index in [2.05, 4.69) is 25.5 Å². The Kier molecular flexibility index (Phi) is 5.12. The molecule has 0 radical (unpaired) electrons. The van der Waals surface area contributed by atoms with Crippen LogP contribution < -0.4 is 0 Å². The van der Waals surface area contributed by atoms with Crippen molar-refractivity contribution in [2.75, 3.05) is 27.2 Å². The number of nitrogens with one attached hydrogen (secondary N) is 1. The van der Waals surface area contributed by atoms with E-state index in [4.69, 9.17) is 0 Å². The van der Waals surface area contributed by atoms with Gasteiger partial charge in [0.1, 0.15) is 0 Å². The van der Waals surface area contributed by atoms with E-state index in [9.17, 15) is 9.90 Å². The van der Waals surface area contributed by atoms with Crippen LogP contribution in [0, 0.1) is 0 Å². The topological polar surface area (TPSA) is 98.2 Å². The zero-order valence-electron chi connectivity index (χ0n) is 16.5. The van der Waals surface area contributed by atoms with Gasteiger partial charge in [-0.25, -0.2) is 0 Å². The zero-order valence-corrected chi connectivity index (χ0v) is 16.5. The Morgan fingerprint density at radius 3 is 2.55 bits per heavy atom. The van der Waals surface area contributed by atoms with Crippen LogP contribution in [-0.4, -0.2) is 74.7 Å². The lowest BCUT2D eigenvalue weighted by Crippen LogP contribution is -2.60. The van der Waals surface area contributed by atoms with Gasteiger partial charge in [0.2, 0.25) is 5.82 Å². The van der Waals surface area contributed by atoms with Crippen molar-refractivity contribution in [1.29, 1.82) is 0 Å². The molecule has 1 fully saturated rings. The van der Waals surface area contributed by atoms with Crippen LogP contribution in [0.5, 0.6) is 0 Å². The third-order valence-electron chi connectivity index (χ3n) is 5.81. The fourth-order valence-corrected chi connectivity index (χ4v) is 4.26. The van der Waals surface area contributed by atoms with Gasteiger partial charge in [-0.05, 0) is 37.4 Å². The van der Waals surface area contributed by atoms with E-state index in [0.29, 0.717) is 29.9 Å². The number of aromatic amines is 1. The number of rotatable bonds is 4. The molecule has 0 saturated carbocycles. The molecule has 3 aromatic rings. The molecule has 1 aliphatic rings. The van der Waals surface area contributed by atoms with Crippen LogP contribution in [0.2, 0.25) is 0 Å². The number of H-pyrrole nitrogens is 1. The minimum Gasteiger partial charge on any atom is -0.389 e. The zero-order chi connectivity index (χ0) is 20.4. The number of benzene rings is 2. The van der Waals surface area contributed by atoms with Crippen molar-refractivity contribution in [2.45, 2.75) is 18.1 Å². The number of piperidine rings is 1. The van der Waals surface area contributed by atoms with Crippen LogP contribution in [0.1, 0.15) is 22.3 Å². The second-order valence-electron chi connectivity index (χ2n) is 7.48. The Bertz CT molecular complexity index is 976. The number of likely N-dealkylation sites (N-methyl/N-ethyl adjacent to an activating group) is 1. The Morgan fingerprint density at radius 2 is 1.90 bits per heavy atom. The molecule has 0 aliphatic carbocycles. The van der Waals surface area contributed by atoms with E-state index in [-0.39, 0.29) is 12.5 Å². The Balaban J connectivity index is 1.62. The molecular formula is C21H24N6O2. The Labute approximate surface area is 169 Å². The summed E-state index contributed by atoms with van der Waals surface area (Å²) in [5, 5.41) is 25.2. The first kappa shape index (κ1) is 19.2. The lowest BCUT2D eigenvalue weighted by molar-refractivity contribution is -0.0612. The van der Waals surface area contributed by atoms with Crippen LogP contribution in [0.25, 0.3) is 11.4 Å². The molecule has 150 valence electrons. The predicted molar refractivity (Wildman–Crippen MR) is 108 cm³/mol. The third kappa shape index (κ3) is 3.30. The highest BCUT2D eigenvalue weighted by Gasteiger charge is 2.46. The molecule has 1 saturated heterocycles. The van der Waals surface area contributed by atoms with Crippen molar-refractivity contribution in [3.63, 3.8) is 0 Å². The van der Waals surface area contributed by atoms with Crippen molar-refractivity contribution in [2.24, 2.45) is 0 Å².